The molecule has 2 fully saturated rings. The molecule has 0 saturated heterocycles. The first kappa shape index (κ1) is 28.6. The molecule has 5 atom stereocenters. The fraction of sp³-hybridized carbons (Fsp3) is 0.767. The number of rotatable bonds is 4. The van der Waals surface area contributed by atoms with Gasteiger partial charge in [-0.1, -0.05) is 33.8 Å². The Balaban J connectivity index is 0.000000201. The van der Waals surface area contributed by atoms with Crippen molar-refractivity contribution >= 4 is 17.7 Å². The number of allylic oxidation sites excluding steroid dienone is 1. The zero-order valence-corrected chi connectivity index (χ0v) is 23.9. The van der Waals surface area contributed by atoms with Gasteiger partial charge in [-0.3, -0.25) is 14.4 Å². The minimum Gasteiger partial charge on any atom is -0.461 e. The van der Waals surface area contributed by atoms with Gasteiger partial charge in [-0.25, -0.2) is 0 Å². The summed E-state index contributed by atoms with van der Waals surface area (Å²) in [6.07, 6.45) is 5.14. The van der Waals surface area contributed by atoms with E-state index in [4.69, 9.17) is 9.47 Å². The van der Waals surface area contributed by atoms with Crippen molar-refractivity contribution in [2.75, 3.05) is 13.2 Å². The van der Waals surface area contributed by atoms with E-state index in [1.165, 1.54) is 0 Å². The summed E-state index contributed by atoms with van der Waals surface area (Å²) < 4.78 is 10.7. The fourth-order valence-corrected chi connectivity index (χ4v) is 6.06. The third kappa shape index (κ3) is 5.34. The molecular weight excluding hydrogens is 456 g/mol. The highest BCUT2D eigenvalue weighted by Gasteiger charge is 2.56. The van der Waals surface area contributed by atoms with E-state index in [1.807, 2.05) is 47.6 Å². The molecule has 1 N–H and O–H groups in total. The first-order valence-corrected chi connectivity index (χ1v) is 13.2. The molecule has 2 saturated carbocycles. The number of esters is 2. The number of aliphatic hydroxyl groups is 1. The number of hydrogen-bond acceptors (Lipinski definition) is 6. The highest BCUT2D eigenvalue weighted by molar-refractivity contribution is 5.96. The average molecular weight is 503 g/mol. The van der Waals surface area contributed by atoms with E-state index in [2.05, 4.69) is 27.7 Å². The van der Waals surface area contributed by atoms with E-state index in [-0.39, 0.29) is 47.2 Å². The van der Waals surface area contributed by atoms with Gasteiger partial charge in [0.05, 0.1) is 16.9 Å². The molecule has 6 nitrogen and oxygen atoms in total. The summed E-state index contributed by atoms with van der Waals surface area (Å²) in [5, 5.41) is 10.0. The van der Waals surface area contributed by atoms with Crippen LogP contribution in [0.4, 0.5) is 0 Å². The van der Waals surface area contributed by atoms with Crippen LogP contribution in [0.1, 0.15) is 82.1 Å². The van der Waals surface area contributed by atoms with Crippen LogP contribution in [0.5, 0.6) is 0 Å². The topological polar surface area (TPSA) is 89.9 Å². The maximum Gasteiger partial charge on any atom is 0.311 e. The number of ether oxygens (including phenoxy) is 2. The maximum atomic E-state index is 11.9. The molecule has 6 heteroatoms. The van der Waals surface area contributed by atoms with Crippen molar-refractivity contribution in [1.82, 2.24) is 0 Å². The average Bonchev–Trinajstić information content (AvgIpc) is 2.73. The fourth-order valence-electron chi connectivity index (χ4n) is 6.06. The standard InChI is InChI=1S/C15H24O3.C15H22O3/c2*1-14(2,3)13(17)18-8-9-6-12(16)11-7-10(9)15(11,4)5/h6,10-12,16H,7-8H2,1-5H3;6,10-11H,7-8H2,1-5H3/t10-,11+,12?;10-,11+/m11/s1. The lowest BCUT2D eigenvalue weighted by Crippen LogP contribution is -2.54. The van der Waals surface area contributed by atoms with E-state index in [9.17, 15) is 19.5 Å². The predicted octanol–water partition coefficient (Wildman–Crippen LogP) is 5.29. The second kappa shape index (κ2) is 9.41. The molecule has 0 aromatic carbocycles. The highest BCUT2D eigenvalue weighted by atomic mass is 16.5. The molecule has 0 aromatic heterocycles. The normalized spacial score (nSPS) is 31.4. The Labute approximate surface area is 216 Å². The second-order valence-corrected chi connectivity index (χ2v) is 14.4. The van der Waals surface area contributed by atoms with Crippen LogP contribution >= 0.6 is 0 Å². The van der Waals surface area contributed by atoms with Gasteiger partial charge in [0.25, 0.3) is 0 Å². The van der Waals surface area contributed by atoms with Crippen LogP contribution in [0, 0.1) is 45.3 Å². The molecule has 0 aliphatic heterocycles. The zero-order chi connectivity index (χ0) is 27.4. The van der Waals surface area contributed by atoms with Crippen LogP contribution in [0.2, 0.25) is 0 Å². The predicted molar refractivity (Wildman–Crippen MR) is 139 cm³/mol. The smallest absolute Gasteiger partial charge is 0.311 e. The van der Waals surface area contributed by atoms with Crippen LogP contribution in [0.25, 0.3) is 0 Å². The van der Waals surface area contributed by atoms with E-state index < -0.39 is 10.8 Å². The Morgan fingerprint density at radius 3 is 1.69 bits per heavy atom. The van der Waals surface area contributed by atoms with Crippen molar-refractivity contribution in [2.45, 2.75) is 88.2 Å². The Morgan fingerprint density at radius 1 is 0.833 bits per heavy atom. The van der Waals surface area contributed by atoms with Crippen LogP contribution < -0.4 is 0 Å². The van der Waals surface area contributed by atoms with Gasteiger partial charge < -0.3 is 14.6 Å². The first-order chi connectivity index (χ1) is 16.3. The monoisotopic (exact) mass is 502 g/mol. The number of carbonyl (C=O) groups excluding carboxylic acids is 3. The number of ketones is 1. The van der Waals surface area contributed by atoms with E-state index in [1.54, 1.807) is 6.08 Å². The quantitative estimate of drug-likeness (QED) is 0.415. The summed E-state index contributed by atoms with van der Waals surface area (Å²) in [5.74, 6) is 1.19. The van der Waals surface area contributed by atoms with Crippen molar-refractivity contribution in [3.05, 3.63) is 23.3 Å². The van der Waals surface area contributed by atoms with E-state index in [0.29, 0.717) is 24.4 Å². The van der Waals surface area contributed by atoms with Crippen molar-refractivity contribution in [2.24, 2.45) is 45.3 Å². The Kier molecular flexibility index (Phi) is 7.48. The number of aliphatic hydroxyl groups excluding tert-OH is 1. The Hall–Kier alpha value is -1.95. The summed E-state index contributed by atoms with van der Waals surface area (Å²) in [5.41, 5.74) is 1.30. The van der Waals surface area contributed by atoms with E-state index in [0.717, 1.165) is 24.0 Å². The third-order valence-electron chi connectivity index (χ3n) is 8.94. The molecule has 0 aromatic rings. The van der Waals surface area contributed by atoms with Gasteiger partial charge in [-0.15, -0.1) is 0 Å². The SMILES string of the molecule is CC(C)(C)C(=O)OCC1=CC(=O)[C@@H]2C[C@H]1C2(C)C.CC(C)(C)C(=O)OCC1=CC(O)[C@@H]2C[C@H]1C2(C)C. The highest BCUT2D eigenvalue weighted by Crippen LogP contribution is 2.59. The Bertz CT molecular complexity index is 968. The summed E-state index contributed by atoms with van der Waals surface area (Å²) in [7, 11) is 0. The third-order valence-corrected chi connectivity index (χ3v) is 8.94. The van der Waals surface area contributed by atoms with Gasteiger partial charge >= 0.3 is 11.9 Å². The van der Waals surface area contributed by atoms with Gasteiger partial charge in [0.1, 0.15) is 13.2 Å². The summed E-state index contributed by atoms with van der Waals surface area (Å²) in [6, 6.07) is 0. The van der Waals surface area contributed by atoms with Gasteiger partial charge in [-0.2, -0.15) is 0 Å². The van der Waals surface area contributed by atoms with Crippen LogP contribution in [0.15, 0.2) is 23.3 Å². The van der Waals surface area contributed by atoms with Crippen LogP contribution in [-0.4, -0.2) is 42.1 Å². The molecule has 6 aliphatic rings. The molecule has 6 rings (SSSR count). The summed E-state index contributed by atoms with van der Waals surface area (Å²) in [4.78, 5) is 35.4. The molecule has 6 aliphatic carbocycles. The minimum absolute atomic E-state index is 0.0370. The first-order valence-electron chi connectivity index (χ1n) is 13.2. The number of fused-ring (bicyclic) bond motifs is 2. The lowest BCUT2D eigenvalue weighted by Gasteiger charge is -2.58. The molecule has 36 heavy (non-hydrogen) atoms. The summed E-state index contributed by atoms with van der Waals surface area (Å²) >= 11 is 0. The van der Waals surface area contributed by atoms with Crippen molar-refractivity contribution < 1.29 is 29.0 Å². The van der Waals surface area contributed by atoms with Crippen LogP contribution in [0.3, 0.4) is 0 Å². The number of hydrogen-bond donors (Lipinski definition) is 1. The summed E-state index contributed by atoms with van der Waals surface area (Å²) in [6.45, 7) is 20.3. The lowest BCUT2D eigenvalue weighted by atomic mass is 9.48. The molecule has 0 heterocycles. The zero-order valence-electron chi connectivity index (χ0n) is 23.9. The largest absolute Gasteiger partial charge is 0.461 e. The maximum absolute atomic E-state index is 11.9. The van der Waals surface area contributed by atoms with Crippen molar-refractivity contribution in [3.63, 3.8) is 0 Å². The van der Waals surface area contributed by atoms with E-state index >= 15 is 0 Å². The van der Waals surface area contributed by atoms with Gasteiger partial charge in [0.2, 0.25) is 0 Å². The number of carbonyl (C=O) groups is 3. The minimum atomic E-state index is -0.489. The molecule has 0 spiro atoms. The van der Waals surface area contributed by atoms with Crippen LogP contribution in [-0.2, 0) is 23.9 Å². The molecule has 4 bridgehead atoms. The molecule has 202 valence electrons. The molecular formula is C30H46O6. The van der Waals surface area contributed by atoms with Gasteiger partial charge in [0, 0.05) is 5.92 Å². The molecule has 0 amide bonds. The van der Waals surface area contributed by atoms with Crippen molar-refractivity contribution in [3.8, 4) is 0 Å². The Morgan fingerprint density at radius 2 is 1.31 bits per heavy atom. The van der Waals surface area contributed by atoms with Gasteiger partial charge in [-0.05, 0) is 100 Å². The lowest BCUT2D eigenvalue weighted by molar-refractivity contribution is -0.154. The second-order valence-electron chi connectivity index (χ2n) is 14.4. The molecule has 0 radical (unpaired) electrons. The molecule has 1 unspecified atom stereocenters. The van der Waals surface area contributed by atoms with Crippen molar-refractivity contribution in [1.29, 1.82) is 0 Å². The van der Waals surface area contributed by atoms with Gasteiger partial charge in [0.15, 0.2) is 5.78 Å².